The van der Waals surface area contributed by atoms with Gasteiger partial charge in [-0.1, -0.05) is 0 Å². The zero-order chi connectivity index (χ0) is 24.8. The molecule has 2 aliphatic rings. The summed E-state index contributed by atoms with van der Waals surface area (Å²) in [5.74, 6) is 0.296. The van der Waals surface area contributed by atoms with Crippen molar-refractivity contribution < 1.29 is 18.7 Å². The van der Waals surface area contributed by atoms with Gasteiger partial charge in [0, 0.05) is 50.2 Å². The van der Waals surface area contributed by atoms with Gasteiger partial charge in [0.25, 0.3) is 5.91 Å². The fourth-order valence-electron chi connectivity index (χ4n) is 5.09. The van der Waals surface area contributed by atoms with E-state index in [9.17, 15) is 9.18 Å². The summed E-state index contributed by atoms with van der Waals surface area (Å²) >= 11 is 0. The number of halogens is 1. The van der Waals surface area contributed by atoms with Crippen molar-refractivity contribution in [2.45, 2.75) is 43.6 Å². The fourth-order valence-corrected chi connectivity index (χ4v) is 5.09. The lowest BCUT2D eigenvalue weighted by Gasteiger charge is -2.31. The average molecular weight is 494 g/mol. The molecule has 1 aliphatic carbocycles. The SMILES string of the molecule is CNc1cc(-c2cn([C@@H]3CCOC[C@@H]3OC)c3ncccc23)nc2c(C(=O)N[C@@H]3CC[C@H]3F)cnn12. The van der Waals surface area contributed by atoms with Crippen LogP contribution in [0.1, 0.15) is 35.7 Å². The van der Waals surface area contributed by atoms with Gasteiger partial charge >= 0.3 is 0 Å². The number of hydrogen-bond acceptors (Lipinski definition) is 7. The number of ether oxygens (including phenoxy) is 2. The maximum absolute atomic E-state index is 13.8. The van der Waals surface area contributed by atoms with E-state index >= 15 is 0 Å². The molecule has 5 heterocycles. The summed E-state index contributed by atoms with van der Waals surface area (Å²) in [5.41, 5.74) is 3.09. The van der Waals surface area contributed by atoms with Crippen LogP contribution in [-0.2, 0) is 9.47 Å². The molecule has 4 atom stereocenters. The zero-order valence-corrected chi connectivity index (χ0v) is 20.1. The minimum atomic E-state index is -1.01. The van der Waals surface area contributed by atoms with Gasteiger partial charge in [-0.15, -0.1) is 0 Å². The smallest absolute Gasteiger partial charge is 0.257 e. The number of rotatable bonds is 6. The van der Waals surface area contributed by atoms with Crippen LogP contribution < -0.4 is 10.6 Å². The Morgan fingerprint density at radius 1 is 1.28 bits per heavy atom. The molecule has 36 heavy (non-hydrogen) atoms. The van der Waals surface area contributed by atoms with E-state index in [1.807, 2.05) is 18.2 Å². The van der Waals surface area contributed by atoms with Crippen LogP contribution in [-0.4, -0.2) is 75.7 Å². The molecule has 0 aromatic carbocycles. The molecule has 1 saturated heterocycles. The van der Waals surface area contributed by atoms with E-state index in [4.69, 9.17) is 14.5 Å². The number of aromatic nitrogens is 5. The Morgan fingerprint density at radius 2 is 2.17 bits per heavy atom. The van der Waals surface area contributed by atoms with Crippen molar-refractivity contribution >= 4 is 28.4 Å². The highest BCUT2D eigenvalue weighted by Gasteiger charge is 2.33. The highest BCUT2D eigenvalue weighted by Crippen LogP contribution is 2.35. The third-order valence-electron chi connectivity index (χ3n) is 7.27. The van der Waals surface area contributed by atoms with Crippen LogP contribution in [0.2, 0.25) is 0 Å². The van der Waals surface area contributed by atoms with E-state index in [1.165, 1.54) is 6.20 Å². The minimum absolute atomic E-state index is 0.0647. The van der Waals surface area contributed by atoms with Crippen molar-refractivity contribution in [1.82, 2.24) is 29.5 Å². The van der Waals surface area contributed by atoms with Crippen molar-refractivity contribution in [3.8, 4) is 11.3 Å². The predicted molar refractivity (Wildman–Crippen MR) is 132 cm³/mol. The number of hydrogen-bond donors (Lipinski definition) is 2. The number of anilines is 1. The number of alkyl halides is 1. The fraction of sp³-hybridized carbons (Fsp3) is 0.440. The molecule has 1 saturated carbocycles. The largest absolute Gasteiger partial charge is 0.379 e. The van der Waals surface area contributed by atoms with Crippen LogP contribution in [0.15, 0.2) is 36.8 Å². The van der Waals surface area contributed by atoms with Crippen LogP contribution in [0.4, 0.5) is 10.2 Å². The lowest BCUT2D eigenvalue weighted by atomic mass is 9.90. The van der Waals surface area contributed by atoms with Gasteiger partial charge < -0.3 is 24.7 Å². The standard InChI is InChI=1S/C25H28FN7O3/c1-27-22-10-19(30-24-15(11-29-33(22)24)25(34)31-18-6-5-17(18)26)16-12-32(23-14(16)4-3-8-28-23)20-7-9-36-13-21(20)35-2/h3-4,8,10-12,17-18,20-21,27H,5-7,9,13H2,1-2H3,(H,31,34)/t17-,18-,20-,21+/m1/s1. The molecular weight excluding hydrogens is 465 g/mol. The molecule has 0 bridgehead atoms. The monoisotopic (exact) mass is 493 g/mol. The molecule has 10 nitrogen and oxygen atoms in total. The number of fused-ring (bicyclic) bond motifs is 2. The van der Waals surface area contributed by atoms with E-state index in [1.54, 1.807) is 24.9 Å². The van der Waals surface area contributed by atoms with Crippen LogP contribution >= 0.6 is 0 Å². The molecule has 6 rings (SSSR count). The molecule has 0 unspecified atom stereocenters. The zero-order valence-electron chi connectivity index (χ0n) is 20.1. The first-order chi connectivity index (χ1) is 17.6. The first kappa shape index (κ1) is 22.9. The first-order valence-corrected chi connectivity index (χ1v) is 12.2. The predicted octanol–water partition coefficient (Wildman–Crippen LogP) is 2.99. The summed E-state index contributed by atoms with van der Waals surface area (Å²) in [7, 11) is 3.49. The molecule has 4 aromatic heterocycles. The Kier molecular flexibility index (Phi) is 5.81. The van der Waals surface area contributed by atoms with E-state index in [0.29, 0.717) is 48.8 Å². The Morgan fingerprint density at radius 3 is 2.92 bits per heavy atom. The Labute approximate surface area is 206 Å². The Balaban J connectivity index is 1.47. The van der Waals surface area contributed by atoms with Crippen LogP contribution in [0.3, 0.4) is 0 Å². The molecule has 4 aromatic rings. The molecule has 2 fully saturated rings. The molecular formula is C25H28FN7O3. The van der Waals surface area contributed by atoms with Crippen molar-refractivity contribution in [1.29, 1.82) is 0 Å². The molecule has 2 N–H and O–H groups in total. The van der Waals surface area contributed by atoms with Crippen molar-refractivity contribution in [2.75, 3.05) is 32.7 Å². The Hall–Kier alpha value is -3.57. The van der Waals surface area contributed by atoms with Crippen molar-refractivity contribution in [3.63, 3.8) is 0 Å². The summed E-state index contributed by atoms with van der Waals surface area (Å²) in [6, 6.07) is 5.42. The van der Waals surface area contributed by atoms with Crippen LogP contribution in [0.25, 0.3) is 27.9 Å². The normalized spacial score (nSPS) is 24.1. The van der Waals surface area contributed by atoms with Gasteiger partial charge in [0.1, 0.15) is 29.3 Å². The average Bonchev–Trinajstić information content (AvgIpc) is 3.52. The Bertz CT molecular complexity index is 1430. The summed E-state index contributed by atoms with van der Waals surface area (Å²) in [5, 5.41) is 11.2. The van der Waals surface area contributed by atoms with E-state index < -0.39 is 12.2 Å². The van der Waals surface area contributed by atoms with E-state index in [-0.39, 0.29) is 18.1 Å². The number of nitrogens with one attached hydrogen (secondary N) is 2. The number of pyridine rings is 1. The molecule has 0 radical (unpaired) electrons. The molecule has 11 heteroatoms. The number of carbonyl (C=O) groups excluding carboxylic acids is 1. The number of methoxy groups -OCH3 is 1. The summed E-state index contributed by atoms with van der Waals surface area (Å²) in [4.78, 5) is 22.5. The lowest BCUT2D eigenvalue weighted by Crippen LogP contribution is -2.48. The van der Waals surface area contributed by atoms with Gasteiger partial charge in [-0.3, -0.25) is 4.79 Å². The molecule has 0 spiro atoms. The second-order valence-electron chi connectivity index (χ2n) is 9.27. The third-order valence-corrected chi connectivity index (χ3v) is 7.27. The van der Waals surface area contributed by atoms with Gasteiger partial charge in [0.2, 0.25) is 0 Å². The number of carbonyl (C=O) groups is 1. The van der Waals surface area contributed by atoms with E-state index in [2.05, 4.69) is 31.5 Å². The number of amides is 1. The summed E-state index contributed by atoms with van der Waals surface area (Å²) in [6.07, 6.45) is 6.11. The third kappa shape index (κ3) is 3.70. The number of nitrogens with zero attached hydrogens (tertiary/aromatic N) is 5. The van der Waals surface area contributed by atoms with Crippen molar-refractivity contribution in [3.05, 3.63) is 42.4 Å². The highest BCUT2D eigenvalue weighted by molar-refractivity contribution is 6.01. The highest BCUT2D eigenvalue weighted by atomic mass is 19.1. The van der Waals surface area contributed by atoms with Gasteiger partial charge in [0.05, 0.1) is 30.6 Å². The van der Waals surface area contributed by atoms with Gasteiger partial charge in [0.15, 0.2) is 5.65 Å². The van der Waals surface area contributed by atoms with Crippen LogP contribution in [0, 0.1) is 0 Å². The second kappa shape index (κ2) is 9.14. The molecule has 1 aliphatic heterocycles. The maximum Gasteiger partial charge on any atom is 0.257 e. The van der Waals surface area contributed by atoms with Crippen molar-refractivity contribution in [2.24, 2.45) is 0 Å². The van der Waals surface area contributed by atoms with Gasteiger partial charge in [-0.05, 0) is 31.4 Å². The summed E-state index contributed by atoms with van der Waals surface area (Å²) in [6.45, 7) is 1.17. The first-order valence-electron chi connectivity index (χ1n) is 12.2. The van der Waals surface area contributed by atoms with E-state index in [0.717, 1.165) is 23.0 Å². The van der Waals surface area contributed by atoms with Gasteiger partial charge in [-0.2, -0.15) is 9.61 Å². The lowest BCUT2D eigenvalue weighted by molar-refractivity contribution is -0.0592. The quantitative estimate of drug-likeness (QED) is 0.425. The maximum atomic E-state index is 13.8. The second-order valence-corrected chi connectivity index (χ2v) is 9.27. The summed E-state index contributed by atoms with van der Waals surface area (Å²) < 4.78 is 28.9. The minimum Gasteiger partial charge on any atom is -0.379 e. The topological polar surface area (TPSA) is 108 Å². The van der Waals surface area contributed by atoms with Crippen LogP contribution in [0.5, 0.6) is 0 Å². The molecule has 1 amide bonds. The van der Waals surface area contributed by atoms with Gasteiger partial charge in [-0.25, -0.2) is 14.4 Å². The molecule has 188 valence electrons.